The third kappa shape index (κ3) is 5.36. The molecule has 160 valence electrons. The van der Waals surface area contributed by atoms with Crippen LogP contribution in [0.3, 0.4) is 0 Å². The van der Waals surface area contributed by atoms with Gasteiger partial charge in [-0.1, -0.05) is 5.16 Å². The Balaban J connectivity index is 2.15. The number of ether oxygens (including phenoxy) is 1. The van der Waals surface area contributed by atoms with Crippen molar-refractivity contribution in [3.05, 3.63) is 40.4 Å². The third-order valence-electron chi connectivity index (χ3n) is 4.65. The molecule has 0 aliphatic rings. The van der Waals surface area contributed by atoms with Gasteiger partial charge in [-0.15, -0.1) is 0 Å². The topological polar surface area (TPSA) is 113 Å². The predicted octanol–water partition coefficient (Wildman–Crippen LogP) is 2.61. The molecule has 2 aromatic rings. The summed E-state index contributed by atoms with van der Waals surface area (Å²) in [4.78, 5) is 26.0. The van der Waals surface area contributed by atoms with Crippen LogP contribution in [-0.4, -0.2) is 53.7 Å². The van der Waals surface area contributed by atoms with Crippen LogP contribution in [0.2, 0.25) is 0 Å². The Morgan fingerprint density at radius 2 is 2.10 bits per heavy atom. The zero-order valence-electron chi connectivity index (χ0n) is 18.1. The summed E-state index contributed by atoms with van der Waals surface area (Å²) in [5.41, 5.74) is 2.65. The fourth-order valence-electron chi connectivity index (χ4n) is 3.34. The van der Waals surface area contributed by atoms with E-state index in [4.69, 9.17) is 9.26 Å². The van der Waals surface area contributed by atoms with E-state index in [2.05, 4.69) is 15.0 Å². The van der Waals surface area contributed by atoms with E-state index < -0.39 is 11.8 Å². The van der Waals surface area contributed by atoms with Crippen LogP contribution in [0.5, 0.6) is 0 Å². The first-order chi connectivity index (χ1) is 14.2. The van der Waals surface area contributed by atoms with Crippen LogP contribution in [-0.2, 0) is 14.3 Å². The zero-order chi connectivity index (χ0) is 22.4. The SMILES string of the molecule is COCC(C)n1c(C)cc(/C=C(\C#N)C(=O)N(C)CC(=O)Nc2cc(C)on2)c1C. The van der Waals surface area contributed by atoms with Gasteiger partial charge in [-0.05, 0) is 45.4 Å². The van der Waals surface area contributed by atoms with Crippen LogP contribution in [0.1, 0.15) is 35.7 Å². The Bertz CT molecular complexity index is 996. The van der Waals surface area contributed by atoms with Crippen LogP contribution in [0.25, 0.3) is 6.08 Å². The molecule has 0 radical (unpaired) electrons. The molecule has 9 nitrogen and oxygen atoms in total. The number of hydrogen-bond donors (Lipinski definition) is 1. The second kappa shape index (κ2) is 9.89. The average molecular weight is 413 g/mol. The number of aryl methyl sites for hydroxylation is 2. The van der Waals surface area contributed by atoms with Gasteiger partial charge in [0.05, 0.1) is 19.2 Å². The van der Waals surface area contributed by atoms with Crippen molar-refractivity contribution in [3.63, 3.8) is 0 Å². The molecular weight excluding hydrogens is 386 g/mol. The normalized spacial score (nSPS) is 12.4. The fraction of sp³-hybridized carbons (Fsp3) is 0.429. The van der Waals surface area contributed by atoms with Crippen molar-refractivity contribution in [1.82, 2.24) is 14.6 Å². The van der Waals surface area contributed by atoms with Crippen LogP contribution >= 0.6 is 0 Å². The highest BCUT2D eigenvalue weighted by Crippen LogP contribution is 2.23. The highest BCUT2D eigenvalue weighted by atomic mass is 16.5. The van der Waals surface area contributed by atoms with Gasteiger partial charge in [-0.2, -0.15) is 5.26 Å². The van der Waals surface area contributed by atoms with Crippen molar-refractivity contribution in [2.75, 3.05) is 32.6 Å². The number of anilines is 1. The van der Waals surface area contributed by atoms with Crippen LogP contribution in [0.15, 0.2) is 22.2 Å². The molecule has 0 spiro atoms. The van der Waals surface area contributed by atoms with Gasteiger partial charge in [0.25, 0.3) is 5.91 Å². The van der Waals surface area contributed by atoms with Gasteiger partial charge in [0.15, 0.2) is 5.82 Å². The molecule has 0 saturated heterocycles. The first kappa shape index (κ1) is 22.9. The molecule has 1 atom stereocenters. The lowest BCUT2D eigenvalue weighted by molar-refractivity contribution is -0.129. The van der Waals surface area contributed by atoms with Crippen molar-refractivity contribution < 1.29 is 18.8 Å². The maximum atomic E-state index is 12.7. The smallest absolute Gasteiger partial charge is 0.264 e. The minimum atomic E-state index is -0.543. The number of rotatable bonds is 8. The fourth-order valence-corrected chi connectivity index (χ4v) is 3.34. The van der Waals surface area contributed by atoms with Crippen LogP contribution in [0, 0.1) is 32.1 Å². The Kier molecular flexibility index (Phi) is 7.55. The minimum absolute atomic E-state index is 0.0535. The second-order valence-corrected chi connectivity index (χ2v) is 7.20. The maximum Gasteiger partial charge on any atom is 0.264 e. The zero-order valence-corrected chi connectivity index (χ0v) is 18.1. The second-order valence-electron chi connectivity index (χ2n) is 7.20. The molecule has 0 aromatic carbocycles. The molecular formula is C21H27N5O4. The van der Waals surface area contributed by atoms with Crippen LogP contribution in [0.4, 0.5) is 5.82 Å². The molecule has 0 bridgehead atoms. The number of nitriles is 1. The molecule has 2 rings (SSSR count). The summed E-state index contributed by atoms with van der Waals surface area (Å²) in [5, 5.41) is 15.7. The van der Waals surface area contributed by atoms with Gasteiger partial charge < -0.3 is 24.0 Å². The number of likely N-dealkylation sites (N-methyl/N-ethyl adjacent to an activating group) is 1. The van der Waals surface area contributed by atoms with Gasteiger partial charge in [-0.3, -0.25) is 9.59 Å². The number of carbonyl (C=O) groups excluding carboxylic acids is 2. The quantitative estimate of drug-likeness (QED) is 0.526. The molecule has 0 saturated carbocycles. The van der Waals surface area contributed by atoms with Crippen molar-refractivity contribution in [3.8, 4) is 6.07 Å². The maximum absolute atomic E-state index is 12.7. The Labute approximate surface area is 175 Å². The number of methoxy groups -OCH3 is 1. The van der Waals surface area contributed by atoms with E-state index in [-0.39, 0.29) is 24.0 Å². The van der Waals surface area contributed by atoms with Crippen molar-refractivity contribution in [2.45, 2.75) is 33.7 Å². The first-order valence-electron chi connectivity index (χ1n) is 9.45. The van der Waals surface area contributed by atoms with E-state index >= 15 is 0 Å². The van der Waals surface area contributed by atoms with E-state index in [9.17, 15) is 14.9 Å². The standard InChI is InChI=1S/C21H27N5O4/c1-13-7-17(16(4)26(13)14(2)12-29-6)9-18(10-22)21(28)25(5)11-20(27)23-19-8-15(3)30-24-19/h7-9,14H,11-12H2,1-6H3,(H,23,24,27)/b18-9+. The molecule has 2 aromatic heterocycles. The summed E-state index contributed by atoms with van der Waals surface area (Å²) < 4.78 is 12.2. The van der Waals surface area contributed by atoms with Crippen LogP contribution < -0.4 is 5.32 Å². The average Bonchev–Trinajstić information content (AvgIpc) is 3.20. The lowest BCUT2D eigenvalue weighted by Crippen LogP contribution is -2.35. The van der Waals surface area contributed by atoms with Crippen molar-refractivity contribution >= 4 is 23.7 Å². The predicted molar refractivity (Wildman–Crippen MR) is 112 cm³/mol. The lowest BCUT2D eigenvalue weighted by atomic mass is 10.1. The van der Waals surface area contributed by atoms with Crippen molar-refractivity contribution in [1.29, 1.82) is 5.26 Å². The Hall–Kier alpha value is -3.38. The van der Waals surface area contributed by atoms with Gasteiger partial charge in [0.2, 0.25) is 5.91 Å². The lowest BCUT2D eigenvalue weighted by Gasteiger charge is -2.18. The monoisotopic (exact) mass is 413 g/mol. The summed E-state index contributed by atoms with van der Waals surface area (Å²) in [7, 11) is 3.11. The molecule has 9 heteroatoms. The minimum Gasteiger partial charge on any atom is -0.383 e. The highest BCUT2D eigenvalue weighted by Gasteiger charge is 2.20. The molecule has 0 fully saturated rings. The summed E-state index contributed by atoms with van der Waals surface area (Å²) in [6.45, 7) is 7.96. The summed E-state index contributed by atoms with van der Waals surface area (Å²) in [5.74, 6) is -0.157. The van der Waals surface area contributed by atoms with E-state index in [0.717, 1.165) is 17.0 Å². The summed E-state index contributed by atoms with van der Waals surface area (Å²) >= 11 is 0. The number of nitrogens with one attached hydrogen (secondary N) is 1. The number of carbonyl (C=O) groups is 2. The van der Waals surface area contributed by atoms with Gasteiger partial charge >= 0.3 is 0 Å². The number of amides is 2. The highest BCUT2D eigenvalue weighted by molar-refractivity contribution is 6.04. The van der Waals surface area contributed by atoms with Crippen molar-refractivity contribution in [2.24, 2.45) is 0 Å². The van der Waals surface area contributed by atoms with E-state index in [1.54, 1.807) is 26.2 Å². The van der Waals surface area contributed by atoms with E-state index in [0.29, 0.717) is 12.4 Å². The number of aromatic nitrogens is 2. The first-order valence-corrected chi connectivity index (χ1v) is 9.45. The molecule has 30 heavy (non-hydrogen) atoms. The third-order valence-corrected chi connectivity index (χ3v) is 4.65. The molecule has 0 aliphatic heterocycles. The largest absolute Gasteiger partial charge is 0.383 e. The molecule has 1 unspecified atom stereocenters. The Morgan fingerprint density at radius 3 is 2.67 bits per heavy atom. The van der Waals surface area contributed by atoms with E-state index in [1.807, 2.05) is 32.9 Å². The molecule has 1 N–H and O–H groups in total. The number of nitrogens with zero attached hydrogens (tertiary/aromatic N) is 4. The van der Waals surface area contributed by atoms with Gasteiger partial charge in [0.1, 0.15) is 17.4 Å². The Morgan fingerprint density at radius 1 is 1.40 bits per heavy atom. The van der Waals surface area contributed by atoms with E-state index in [1.165, 1.54) is 11.9 Å². The number of hydrogen-bond acceptors (Lipinski definition) is 6. The summed E-state index contributed by atoms with van der Waals surface area (Å²) in [6.07, 6.45) is 1.55. The summed E-state index contributed by atoms with van der Waals surface area (Å²) in [6, 6.07) is 5.55. The van der Waals surface area contributed by atoms with Gasteiger partial charge in [-0.25, -0.2) is 0 Å². The van der Waals surface area contributed by atoms with Gasteiger partial charge in [0, 0.05) is 31.6 Å². The molecule has 2 heterocycles. The molecule has 2 amide bonds. The molecule has 0 aliphatic carbocycles.